The first-order valence-corrected chi connectivity index (χ1v) is 6.82. The van der Waals surface area contributed by atoms with Crippen LogP contribution in [0.3, 0.4) is 0 Å². The van der Waals surface area contributed by atoms with E-state index in [1.165, 1.54) is 16.7 Å². The van der Waals surface area contributed by atoms with Crippen molar-refractivity contribution in [3.63, 3.8) is 0 Å². The molecule has 21 heavy (non-hydrogen) atoms. The average Bonchev–Trinajstić information content (AvgIpc) is 2.91. The third-order valence-corrected chi connectivity index (χ3v) is 3.98. The fraction of sp³-hybridized carbons (Fsp3) is 0.222. The van der Waals surface area contributed by atoms with Crippen molar-refractivity contribution < 1.29 is 14.2 Å². The summed E-state index contributed by atoms with van der Waals surface area (Å²) >= 11 is 0. The van der Waals surface area contributed by atoms with Crippen LogP contribution in [0.15, 0.2) is 30.8 Å². The van der Waals surface area contributed by atoms with E-state index in [-0.39, 0.29) is 0 Å². The van der Waals surface area contributed by atoms with E-state index in [0.717, 1.165) is 23.3 Å². The summed E-state index contributed by atoms with van der Waals surface area (Å²) in [5.74, 6) is 2.01. The fourth-order valence-electron chi connectivity index (χ4n) is 3.12. The molecular weight excluding hydrogens is 264 g/mol. The molecular formula is C18H18O3. The molecule has 0 radical (unpaired) electrons. The van der Waals surface area contributed by atoms with Gasteiger partial charge in [0.1, 0.15) is 0 Å². The van der Waals surface area contributed by atoms with Crippen molar-refractivity contribution in [2.45, 2.75) is 6.42 Å². The summed E-state index contributed by atoms with van der Waals surface area (Å²) in [5.41, 5.74) is 5.71. The molecule has 0 unspecified atom stereocenters. The third-order valence-electron chi connectivity index (χ3n) is 3.98. The zero-order valence-corrected chi connectivity index (χ0v) is 12.5. The number of rotatable bonds is 4. The summed E-state index contributed by atoms with van der Waals surface area (Å²) in [7, 11) is 4.92. The summed E-state index contributed by atoms with van der Waals surface area (Å²) < 4.78 is 16.7. The molecule has 0 saturated carbocycles. The van der Waals surface area contributed by atoms with Crippen molar-refractivity contribution in [2.75, 3.05) is 21.3 Å². The highest BCUT2D eigenvalue weighted by molar-refractivity contribution is 5.90. The molecule has 2 aromatic carbocycles. The molecule has 0 bridgehead atoms. The molecule has 3 rings (SSSR count). The van der Waals surface area contributed by atoms with Gasteiger partial charge in [-0.25, -0.2) is 0 Å². The minimum atomic E-state index is 0.616. The van der Waals surface area contributed by atoms with Crippen molar-refractivity contribution in [3.8, 4) is 28.4 Å². The SMILES string of the molecule is C=Cc1c2c(c(OC)c(OC)c1OC)-c1ccccc1C2. The standard InChI is InChI=1S/C18H18O3/c1-5-12-14-10-11-8-6-7-9-13(11)15(14)17(20-3)18(21-4)16(12)19-2/h5-9H,1,10H2,2-4H3. The Morgan fingerprint density at radius 2 is 1.62 bits per heavy atom. The van der Waals surface area contributed by atoms with Gasteiger partial charge in [-0.2, -0.15) is 0 Å². The van der Waals surface area contributed by atoms with E-state index < -0.39 is 0 Å². The molecule has 0 atom stereocenters. The first-order chi connectivity index (χ1) is 10.3. The van der Waals surface area contributed by atoms with E-state index in [2.05, 4.69) is 24.8 Å². The molecule has 0 aromatic heterocycles. The van der Waals surface area contributed by atoms with Gasteiger partial charge in [-0.05, 0) is 23.1 Å². The van der Waals surface area contributed by atoms with Crippen LogP contribution in [0.1, 0.15) is 16.7 Å². The smallest absolute Gasteiger partial charge is 0.204 e. The Morgan fingerprint density at radius 3 is 2.24 bits per heavy atom. The molecule has 1 aliphatic rings. The van der Waals surface area contributed by atoms with Crippen LogP contribution in [-0.2, 0) is 6.42 Å². The minimum Gasteiger partial charge on any atom is -0.492 e. The molecule has 0 heterocycles. The highest BCUT2D eigenvalue weighted by Gasteiger charge is 2.30. The van der Waals surface area contributed by atoms with Crippen LogP contribution >= 0.6 is 0 Å². The van der Waals surface area contributed by atoms with E-state index in [1.54, 1.807) is 21.3 Å². The molecule has 0 N–H and O–H groups in total. The summed E-state index contributed by atoms with van der Waals surface area (Å²) in [6.45, 7) is 3.93. The molecule has 1 aliphatic carbocycles. The zero-order chi connectivity index (χ0) is 15.0. The molecule has 3 nitrogen and oxygen atoms in total. The van der Waals surface area contributed by atoms with Gasteiger partial charge in [-0.15, -0.1) is 0 Å². The van der Waals surface area contributed by atoms with Crippen LogP contribution in [0, 0.1) is 0 Å². The molecule has 108 valence electrons. The molecule has 0 fully saturated rings. The molecule has 0 aliphatic heterocycles. The van der Waals surface area contributed by atoms with Crippen molar-refractivity contribution in [1.29, 1.82) is 0 Å². The van der Waals surface area contributed by atoms with Gasteiger partial charge in [0.25, 0.3) is 0 Å². The normalized spacial score (nSPS) is 11.6. The second kappa shape index (κ2) is 5.17. The van der Waals surface area contributed by atoms with Gasteiger partial charge in [-0.1, -0.05) is 36.9 Å². The molecule has 0 spiro atoms. The summed E-state index contributed by atoms with van der Waals surface area (Å²) in [5, 5.41) is 0. The highest BCUT2D eigenvalue weighted by Crippen LogP contribution is 2.53. The maximum atomic E-state index is 5.64. The summed E-state index contributed by atoms with van der Waals surface area (Å²) in [6, 6.07) is 8.35. The Bertz CT molecular complexity index is 717. The van der Waals surface area contributed by atoms with E-state index in [9.17, 15) is 0 Å². The van der Waals surface area contributed by atoms with Crippen LogP contribution in [0.2, 0.25) is 0 Å². The number of fused-ring (bicyclic) bond motifs is 3. The lowest BCUT2D eigenvalue weighted by Gasteiger charge is -2.19. The Hall–Kier alpha value is -2.42. The second-order valence-electron chi connectivity index (χ2n) is 4.91. The van der Waals surface area contributed by atoms with Crippen molar-refractivity contribution in [1.82, 2.24) is 0 Å². The maximum absolute atomic E-state index is 5.64. The second-order valence-corrected chi connectivity index (χ2v) is 4.91. The van der Waals surface area contributed by atoms with Crippen molar-refractivity contribution >= 4 is 6.08 Å². The lowest BCUT2D eigenvalue weighted by atomic mass is 9.98. The quantitative estimate of drug-likeness (QED) is 0.725. The average molecular weight is 282 g/mol. The fourth-order valence-corrected chi connectivity index (χ4v) is 3.12. The van der Waals surface area contributed by atoms with Crippen molar-refractivity contribution in [2.24, 2.45) is 0 Å². The van der Waals surface area contributed by atoms with E-state index >= 15 is 0 Å². The number of benzene rings is 2. The number of ether oxygens (including phenoxy) is 3. The monoisotopic (exact) mass is 282 g/mol. The first-order valence-electron chi connectivity index (χ1n) is 6.82. The number of hydrogen-bond donors (Lipinski definition) is 0. The lowest BCUT2D eigenvalue weighted by Crippen LogP contribution is -2.01. The Kier molecular flexibility index (Phi) is 3.34. The molecule has 3 heteroatoms. The van der Waals surface area contributed by atoms with Crippen LogP contribution in [0.5, 0.6) is 17.2 Å². The lowest BCUT2D eigenvalue weighted by molar-refractivity contribution is 0.324. The van der Waals surface area contributed by atoms with Crippen molar-refractivity contribution in [3.05, 3.63) is 47.5 Å². The Labute approximate surface area is 124 Å². The number of methoxy groups -OCH3 is 3. The van der Waals surface area contributed by atoms with Gasteiger partial charge in [0.2, 0.25) is 5.75 Å². The predicted molar refractivity (Wildman–Crippen MR) is 84.4 cm³/mol. The minimum absolute atomic E-state index is 0.616. The summed E-state index contributed by atoms with van der Waals surface area (Å²) in [4.78, 5) is 0. The predicted octanol–water partition coefficient (Wildman–Crippen LogP) is 3.93. The third kappa shape index (κ3) is 1.81. The van der Waals surface area contributed by atoms with E-state index in [4.69, 9.17) is 14.2 Å². The topological polar surface area (TPSA) is 27.7 Å². The molecule has 2 aromatic rings. The van der Waals surface area contributed by atoms with Gasteiger partial charge < -0.3 is 14.2 Å². The Balaban J connectivity index is 2.43. The van der Waals surface area contributed by atoms with E-state index in [1.807, 2.05) is 12.1 Å². The maximum Gasteiger partial charge on any atom is 0.204 e. The molecule has 0 saturated heterocycles. The largest absolute Gasteiger partial charge is 0.492 e. The van der Waals surface area contributed by atoms with Gasteiger partial charge in [0.15, 0.2) is 11.5 Å². The van der Waals surface area contributed by atoms with Gasteiger partial charge >= 0.3 is 0 Å². The highest BCUT2D eigenvalue weighted by atomic mass is 16.5. The zero-order valence-electron chi connectivity index (χ0n) is 12.5. The van der Waals surface area contributed by atoms with Gasteiger partial charge in [0.05, 0.1) is 21.3 Å². The van der Waals surface area contributed by atoms with Crippen LogP contribution in [-0.4, -0.2) is 21.3 Å². The van der Waals surface area contributed by atoms with Gasteiger partial charge in [-0.3, -0.25) is 0 Å². The van der Waals surface area contributed by atoms with E-state index in [0.29, 0.717) is 11.5 Å². The van der Waals surface area contributed by atoms with Crippen LogP contribution < -0.4 is 14.2 Å². The molecule has 0 amide bonds. The summed E-state index contributed by atoms with van der Waals surface area (Å²) in [6.07, 6.45) is 2.68. The first kappa shape index (κ1) is 13.6. The van der Waals surface area contributed by atoms with Crippen LogP contribution in [0.4, 0.5) is 0 Å². The Morgan fingerprint density at radius 1 is 0.952 bits per heavy atom. The van der Waals surface area contributed by atoms with Gasteiger partial charge in [0, 0.05) is 11.1 Å². The van der Waals surface area contributed by atoms with Crippen LogP contribution in [0.25, 0.3) is 17.2 Å². The number of hydrogen-bond acceptors (Lipinski definition) is 3.